The molecule has 3 N–H and O–H groups in total. The molecule has 2 nitrogen and oxygen atoms in total. The van der Waals surface area contributed by atoms with Crippen LogP contribution in [0.25, 0.3) is 0 Å². The first kappa shape index (κ1) is 17.1. The lowest BCUT2D eigenvalue weighted by Gasteiger charge is -2.12. The van der Waals surface area contributed by atoms with E-state index in [0.717, 1.165) is 29.7 Å². The molecular formula is C15H25NOS. The van der Waals surface area contributed by atoms with Crippen LogP contribution in [0.2, 0.25) is 0 Å². The van der Waals surface area contributed by atoms with Crippen LogP contribution in [0, 0.1) is 5.92 Å². The van der Waals surface area contributed by atoms with Crippen LogP contribution in [0.1, 0.15) is 40.5 Å². The molecule has 0 aromatic heterocycles. The zero-order valence-electron chi connectivity index (χ0n) is 11.9. The third-order valence-corrected chi connectivity index (χ3v) is 3.21. The second-order valence-electron chi connectivity index (χ2n) is 4.84. The minimum absolute atomic E-state index is 0.221. The molecule has 0 amide bonds. The molecule has 1 atom stereocenters. The first-order valence-electron chi connectivity index (χ1n) is 6.29. The first-order valence-corrected chi connectivity index (χ1v) is 6.76. The highest BCUT2D eigenvalue weighted by Crippen LogP contribution is 2.17. The quantitative estimate of drug-likeness (QED) is 0.421. The molecule has 0 spiro atoms. The standard InChI is InChI=1S/C15H25NOS/c1-11(5-7-17)9-15(16)14(4)10-13(3)12(2)6-8-18/h6,8,10-11,17H,5,7,9,16H2,1-4H3. The summed E-state index contributed by atoms with van der Waals surface area (Å²) in [5, 5.41) is 10.5. The molecule has 0 saturated heterocycles. The Bertz CT molecular complexity index is 367. The van der Waals surface area contributed by atoms with Crippen molar-refractivity contribution in [2.75, 3.05) is 6.61 Å². The Morgan fingerprint density at radius 3 is 2.39 bits per heavy atom. The highest BCUT2D eigenvalue weighted by Gasteiger charge is 2.05. The molecule has 0 bridgehead atoms. The maximum atomic E-state index is 8.88. The summed E-state index contributed by atoms with van der Waals surface area (Å²) in [7, 11) is 0. The van der Waals surface area contributed by atoms with E-state index >= 15 is 0 Å². The van der Waals surface area contributed by atoms with Crippen molar-refractivity contribution in [1.82, 2.24) is 0 Å². The first-order chi connectivity index (χ1) is 8.42. The molecule has 0 aliphatic carbocycles. The van der Waals surface area contributed by atoms with E-state index < -0.39 is 0 Å². The van der Waals surface area contributed by atoms with E-state index in [1.165, 1.54) is 5.57 Å². The molecule has 0 radical (unpaired) electrons. The van der Waals surface area contributed by atoms with Crippen LogP contribution in [-0.4, -0.2) is 17.1 Å². The van der Waals surface area contributed by atoms with E-state index in [4.69, 9.17) is 23.1 Å². The summed E-state index contributed by atoms with van der Waals surface area (Å²) in [6, 6.07) is 0. The van der Waals surface area contributed by atoms with Crippen molar-refractivity contribution in [3.63, 3.8) is 0 Å². The smallest absolute Gasteiger partial charge is 0.0433 e. The van der Waals surface area contributed by atoms with Crippen LogP contribution < -0.4 is 5.73 Å². The molecule has 0 aliphatic rings. The third kappa shape index (κ3) is 6.72. The predicted molar refractivity (Wildman–Crippen MR) is 83.5 cm³/mol. The number of allylic oxidation sites excluding steroid dienone is 6. The highest BCUT2D eigenvalue weighted by atomic mass is 32.1. The maximum Gasteiger partial charge on any atom is 0.0433 e. The van der Waals surface area contributed by atoms with Crippen molar-refractivity contribution in [1.29, 1.82) is 0 Å². The summed E-state index contributed by atoms with van der Waals surface area (Å²) in [5.74, 6) is 0.413. The number of hydrogen-bond acceptors (Lipinski definition) is 3. The van der Waals surface area contributed by atoms with Gasteiger partial charge in [0, 0.05) is 17.7 Å². The number of aliphatic hydroxyl groups excluding tert-OH is 1. The summed E-state index contributed by atoms with van der Waals surface area (Å²) < 4.78 is 0. The lowest BCUT2D eigenvalue weighted by molar-refractivity contribution is 0.262. The Hall–Kier alpha value is -0.930. The third-order valence-electron chi connectivity index (χ3n) is 3.07. The minimum Gasteiger partial charge on any atom is -0.402 e. The molecule has 102 valence electrons. The zero-order valence-corrected chi connectivity index (χ0v) is 12.7. The molecule has 0 heterocycles. The Morgan fingerprint density at radius 2 is 1.89 bits per heavy atom. The Morgan fingerprint density at radius 1 is 1.28 bits per heavy atom. The number of hydrogen-bond donors (Lipinski definition) is 2. The second-order valence-corrected chi connectivity index (χ2v) is 5.12. The topological polar surface area (TPSA) is 46.2 Å². The van der Waals surface area contributed by atoms with E-state index in [-0.39, 0.29) is 6.61 Å². The van der Waals surface area contributed by atoms with Gasteiger partial charge in [-0.25, -0.2) is 0 Å². The van der Waals surface area contributed by atoms with Gasteiger partial charge in [0.05, 0.1) is 0 Å². The second kappa shape index (κ2) is 9.06. The normalized spacial score (nSPS) is 16.3. The van der Waals surface area contributed by atoms with Crippen LogP contribution in [0.5, 0.6) is 0 Å². The fraction of sp³-hybridized carbons (Fsp3) is 0.533. The van der Waals surface area contributed by atoms with Gasteiger partial charge in [-0.3, -0.25) is 0 Å². The van der Waals surface area contributed by atoms with Gasteiger partial charge >= 0.3 is 0 Å². The van der Waals surface area contributed by atoms with Crippen molar-refractivity contribution in [3.8, 4) is 0 Å². The largest absolute Gasteiger partial charge is 0.402 e. The van der Waals surface area contributed by atoms with Gasteiger partial charge in [0.1, 0.15) is 0 Å². The van der Waals surface area contributed by atoms with Crippen LogP contribution >= 0.6 is 12.2 Å². The van der Waals surface area contributed by atoms with Gasteiger partial charge < -0.3 is 10.8 Å². The molecule has 0 rings (SSSR count). The lowest BCUT2D eigenvalue weighted by atomic mass is 9.98. The predicted octanol–water partition coefficient (Wildman–Crippen LogP) is 3.52. The Balaban J connectivity index is 4.80. The maximum absolute atomic E-state index is 8.88. The number of thiocarbonyl (C=S) groups is 1. The fourth-order valence-electron chi connectivity index (χ4n) is 1.62. The zero-order chi connectivity index (χ0) is 14.1. The van der Waals surface area contributed by atoms with E-state index in [1.54, 1.807) is 5.37 Å². The Kier molecular flexibility index (Phi) is 8.59. The monoisotopic (exact) mass is 267 g/mol. The summed E-state index contributed by atoms with van der Waals surface area (Å²) in [6.07, 6.45) is 5.62. The number of nitrogens with two attached hydrogens (primary N) is 1. The van der Waals surface area contributed by atoms with Crippen molar-refractivity contribution in [3.05, 3.63) is 34.6 Å². The molecule has 0 aromatic rings. The van der Waals surface area contributed by atoms with Gasteiger partial charge in [-0.1, -0.05) is 25.2 Å². The van der Waals surface area contributed by atoms with Crippen molar-refractivity contribution in [2.24, 2.45) is 11.7 Å². The van der Waals surface area contributed by atoms with Crippen LogP contribution in [-0.2, 0) is 0 Å². The van der Waals surface area contributed by atoms with E-state index in [9.17, 15) is 0 Å². The van der Waals surface area contributed by atoms with E-state index in [1.807, 2.05) is 19.9 Å². The number of rotatable bonds is 7. The van der Waals surface area contributed by atoms with Gasteiger partial charge in [0.15, 0.2) is 0 Å². The highest BCUT2D eigenvalue weighted by molar-refractivity contribution is 7.79. The van der Waals surface area contributed by atoms with Gasteiger partial charge in [0.2, 0.25) is 0 Å². The summed E-state index contributed by atoms with van der Waals surface area (Å²) >= 11 is 4.81. The molecule has 0 fully saturated rings. The summed E-state index contributed by atoms with van der Waals surface area (Å²) in [5.41, 5.74) is 10.4. The Labute approximate surface area is 116 Å². The molecule has 0 aliphatic heterocycles. The molecular weight excluding hydrogens is 242 g/mol. The average molecular weight is 267 g/mol. The minimum atomic E-state index is 0.221. The lowest BCUT2D eigenvalue weighted by Crippen LogP contribution is -2.07. The van der Waals surface area contributed by atoms with E-state index in [0.29, 0.717) is 5.92 Å². The number of aliphatic hydroxyl groups is 1. The molecule has 1 unspecified atom stereocenters. The molecule has 0 aromatic carbocycles. The van der Waals surface area contributed by atoms with Crippen LogP contribution in [0.15, 0.2) is 34.6 Å². The molecule has 18 heavy (non-hydrogen) atoms. The van der Waals surface area contributed by atoms with Gasteiger partial charge in [-0.15, -0.1) is 0 Å². The molecule has 3 heteroatoms. The average Bonchev–Trinajstić information content (AvgIpc) is 2.29. The summed E-state index contributed by atoms with van der Waals surface area (Å²) in [6.45, 7) is 8.43. The van der Waals surface area contributed by atoms with Gasteiger partial charge in [0.25, 0.3) is 0 Å². The van der Waals surface area contributed by atoms with Gasteiger partial charge in [-0.05, 0) is 62.3 Å². The van der Waals surface area contributed by atoms with Crippen molar-refractivity contribution >= 4 is 17.6 Å². The van der Waals surface area contributed by atoms with E-state index in [2.05, 4.69) is 19.9 Å². The van der Waals surface area contributed by atoms with Crippen molar-refractivity contribution < 1.29 is 5.11 Å². The van der Waals surface area contributed by atoms with Gasteiger partial charge in [-0.2, -0.15) is 0 Å². The summed E-state index contributed by atoms with van der Waals surface area (Å²) in [4.78, 5) is 0. The van der Waals surface area contributed by atoms with Crippen molar-refractivity contribution in [2.45, 2.75) is 40.5 Å². The van der Waals surface area contributed by atoms with Crippen LogP contribution in [0.3, 0.4) is 0 Å². The molecule has 0 saturated carbocycles. The SMILES string of the molecule is CC(=CC=S)C(C)=CC(C)=C(N)CC(C)CCO. The fourth-order valence-corrected chi connectivity index (χ4v) is 1.83. The van der Waals surface area contributed by atoms with Crippen LogP contribution in [0.4, 0.5) is 0 Å².